The highest BCUT2D eigenvalue weighted by atomic mass is 16.7. The van der Waals surface area contributed by atoms with Crippen LogP contribution in [0.4, 0.5) is 0 Å². The number of amides is 1. The molecule has 6 atom stereocenters. The lowest BCUT2D eigenvalue weighted by Crippen LogP contribution is -2.67. The summed E-state index contributed by atoms with van der Waals surface area (Å²) in [5.41, 5.74) is 1.70. The standard InChI is InChI=1S/C29H27NO9/c1-36-17-9-7-15(8-10-17)13-30-23-22(18-11-20-21(38-14-37-20)12-19(18)28(30)34)27(26(33)25(32)24(23)31)39-29(35)16-5-3-2-4-6-16/h2-12,22-27,31-33H,13-14H2,1H3/t22-,23-,24+,25+,26-,27-/m1/s1. The Labute approximate surface area is 223 Å². The zero-order chi connectivity index (χ0) is 27.3. The minimum absolute atomic E-state index is 0.0214. The van der Waals surface area contributed by atoms with Gasteiger partial charge in [-0.15, -0.1) is 0 Å². The first-order valence-electron chi connectivity index (χ1n) is 12.5. The Morgan fingerprint density at radius 3 is 2.33 bits per heavy atom. The molecule has 39 heavy (non-hydrogen) atoms. The second kappa shape index (κ2) is 9.88. The van der Waals surface area contributed by atoms with Crippen LogP contribution in [0.3, 0.4) is 0 Å². The fraction of sp³-hybridized carbons (Fsp3) is 0.310. The van der Waals surface area contributed by atoms with Crippen LogP contribution < -0.4 is 14.2 Å². The molecule has 0 aromatic heterocycles. The number of aliphatic hydroxyl groups is 3. The van der Waals surface area contributed by atoms with E-state index in [0.717, 1.165) is 5.56 Å². The lowest BCUT2D eigenvalue weighted by molar-refractivity contribution is -0.173. The second-order valence-corrected chi connectivity index (χ2v) is 9.80. The number of carbonyl (C=O) groups excluding carboxylic acids is 2. The van der Waals surface area contributed by atoms with Crippen molar-refractivity contribution in [1.29, 1.82) is 0 Å². The Bertz CT molecular complexity index is 1390. The number of benzene rings is 3. The van der Waals surface area contributed by atoms with E-state index in [1.807, 2.05) is 0 Å². The van der Waals surface area contributed by atoms with Gasteiger partial charge in [-0.05, 0) is 47.5 Å². The van der Waals surface area contributed by atoms with Crippen LogP contribution >= 0.6 is 0 Å². The molecular weight excluding hydrogens is 506 g/mol. The van der Waals surface area contributed by atoms with E-state index >= 15 is 0 Å². The molecule has 3 aromatic carbocycles. The van der Waals surface area contributed by atoms with Crippen molar-refractivity contribution in [1.82, 2.24) is 4.90 Å². The first-order chi connectivity index (χ1) is 18.9. The van der Waals surface area contributed by atoms with Gasteiger partial charge in [-0.1, -0.05) is 30.3 Å². The average Bonchev–Trinajstić information content (AvgIpc) is 3.43. The number of methoxy groups -OCH3 is 1. The lowest BCUT2D eigenvalue weighted by Gasteiger charge is -2.52. The number of hydrogen-bond acceptors (Lipinski definition) is 9. The number of aliphatic hydroxyl groups excluding tert-OH is 3. The highest BCUT2D eigenvalue weighted by molar-refractivity contribution is 5.98. The van der Waals surface area contributed by atoms with Crippen LogP contribution in [0.5, 0.6) is 17.2 Å². The maximum atomic E-state index is 13.9. The molecule has 6 rings (SSSR count). The minimum atomic E-state index is -1.68. The molecular formula is C29H27NO9. The van der Waals surface area contributed by atoms with E-state index in [-0.39, 0.29) is 24.5 Å². The Morgan fingerprint density at radius 2 is 1.64 bits per heavy atom. The van der Waals surface area contributed by atoms with Crippen LogP contribution in [0.2, 0.25) is 0 Å². The summed E-state index contributed by atoms with van der Waals surface area (Å²) in [7, 11) is 1.55. The molecule has 3 N–H and O–H groups in total. The summed E-state index contributed by atoms with van der Waals surface area (Å²) in [5.74, 6) is -0.568. The minimum Gasteiger partial charge on any atom is -0.497 e. The summed E-state index contributed by atoms with van der Waals surface area (Å²) in [6, 6.07) is 17.5. The summed E-state index contributed by atoms with van der Waals surface area (Å²) in [5, 5.41) is 33.2. The zero-order valence-corrected chi connectivity index (χ0v) is 21.0. The van der Waals surface area contributed by atoms with Gasteiger partial charge in [0.05, 0.1) is 18.7 Å². The number of ether oxygens (including phenoxy) is 4. The Kier molecular flexibility index (Phi) is 6.38. The van der Waals surface area contributed by atoms with E-state index in [0.29, 0.717) is 22.8 Å². The summed E-state index contributed by atoms with van der Waals surface area (Å²) in [6.07, 6.45) is -6.12. The first-order valence-corrected chi connectivity index (χ1v) is 12.5. The van der Waals surface area contributed by atoms with Gasteiger partial charge >= 0.3 is 5.97 Å². The van der Waals surface area contributed by atoms with Gasteiger partial charge in [-0.25, -0.2) is 4.79 Å². The van der Waals surface area contributed by atoms with Gasteiger partial charge in [-0.2, -0.15) is 0 Å². The van der Waals surface area contributed by atoms with Crippen molar-refractivity contribution < 1.29 is 43.9 Å². The van der Waals surface area contributed by atoms with Crippen LogP contribution in [0, 0.1) is 0 Å². The summed E-state index contributed by atoms with van der Waals surface area (Å²) in [6.45, 7) is 0.0591. The largest absolute Gasteiger partial charge is 0.497 e. The summed E-state index contributed by atoms with van der Waals surface area (Å²) < 4.78 is 22.1. The van der Waals surface area contributed by atoms with Crippen LogP contribution in [0.1, 0.15) is 37.8 Å². The molecule has 3 aliphatic rings. The maximum Gasteiger partial charge on any atom is 0.338 e. The molecule has 10 nitrogen and oxygen atoms in total. The molecule has 1 aliphatic carbocycles. The highest BCUT2D eigenvalue weighted by Gasteiger charge is 2.57. The van der Waals surface area contributed by atoms with Crippen molar-refractivity contribution >= 4 is 11.9 Å². The van der Waals surface area contributed by atoms with Gasteiger partial charge in [-0.3, -0.25) is 4.79 Å². The number of esters is 1. The monoisotopic (exact) mass is 533 g/mol. The predicted octanol–water partition coefficient (Wildman–Crippen LogP) is 1.85. The van der Waals surface area contributed by atoms with Gasteiger partial charge in [0.2, 0.25) is 6.79 Å². The summed E-state index contributed by atoms with van der Waals surface area (Å²) in [4.78, 5) is 28.5. The van der Waals surface area contributed by atoms with E-state index in [9.17, 15) is 24.9 Å². The smallest absolute Gasteiger partial charge is 0.338 e. The van der Waals surface area contributed by atoms with Crippen molar-refractivity contribution in [3.8, 4) is 17.2 Å². The van der Waals surface area contributed by atoms with Gasteiger partial charge in [0.15, 0.2) is 11.5 Å². The molecule has 10 heteroatoms. The Hall–Kier alpha value is -4.12. The molecule has 0 spiro atoms. The van der Waals surface area contributed by atoms with Crippen LogP contribution in [0.15, 0.2) is 66.7 Å². The van der Waals surface area contributed by atoms with Crippen molar-refractivity contribution in [2.45, 2.75) is 42.9 Å². The molecule has 2 aliphatic heterocycles. The molecule has 0 saturated heterocycles. The number of fused-ring (bicyclic) bond motifs is 4. The van der Waals surface area contributed by atoms with Gasteiger partial charge in [0.25, 0.3) is 5.91 Å². The molecule has 0 unspecified atom stereocenters. The summed E-state index contributed by atoms with van der Waals surface area (Å²) >= 11 is 0. The third kappa shape index (κ3) is 4.26. The molecule has 2 heterocycles. The lowest BCUT2D eigenvalue weighted by atomic mass is 9.69. The van der Waals surface area contributed by atoms with Gasteiger partial charge < -0.3 is 39.2 Å². The van der Waals surface area contributed by atoms with Crippen molar-refractivity contribution in [2.75, 3.05) is 13.9 Å². The number of carbonyl (C=O) groups is 2. The fourth-order valence-electron chi connectivity index (χ4n) is 5.68. The van der Waals surface area contributed by atoms with Gasteiger partial charge in [0, 0.05) is 18.0 Å². The molecule has 202 valence electrons. The van der Waals surface area contributed by atoms with E-state index in [2.05, 4.69) is 0 Å². The molecule has 1 fully saturated rings. The molecule has 0 bridgehead atoms. The van der Waals surface area contributed by atoms with E-state index in [1.165, 1.54) is 4.90 Å². The number of hydrogen-bond donors (Lipinski definition) is 3. The van der Waals surface area contributed by atoms with Gasteiger partial charge in [0.1, 0.15) is 30.2 Å². The third-order valence-corrected chi connectivity index (χ3v) is 7.63. The fourth-order valence-corrected chi connectivity index (χ4v) is 5.68. The quantitative estimate of drug-likeness (QED) is 0.420. The molecule has 3 aromatic rings. The van der Waals surface area contributed by atoms with Crippen molar-refractivity contribution in [3.63, 3.8) is 0 Å². The van der Waals surface area contributed by atoms with Crippen LogP contribution in [0.25, 0.3) is 0 Å². The highest BCUT2D eigenvalue weighted by Crippen LogP contribution is 2.48. The molecule has 1 saturated carbocycles. The Balaban J connectivity index is 1.46. The third-order valence-electron chi connectivity index (χ3n) is 7.63. The molecule has 0 radical (unpaired) electrons. The van der Waals surface area contributed by atoms with E-state index in [4.69, 9.17) is 18.9 Å². The van der Waals surface area contributed by atoms with Crippen LogP contribution in [-0.2, 0) is 11.3 Å². The van der Waals surface area contributed by atoms with E-state index in [1.54, 1.807) is 73.8 Å². The zero-order valence-electron chi connectivity index (χ0n) is 21.0. The average molecular weight is 534 g/mol. The van der Waals surface area contributed by atoms with E-state index < -0.39 is 48.3 Å². The molecule has 1 amide bonds. The number of nitrogens with zero attached hydrogens (tertiary/aromatic N) is 1. The number of rotatable bonds is 5. The maximum absolute atomic E-state index is 13.9. The van der Waals surface area contributed by atoms with Crippen molar-refractivity contribution in [2.24, 2.45) is 0 Å². The normalized spacial score (nSPS) is 27.0. The predicted molar refractivity (Wildman–Crippen MR) is 136 cm³/mol. The Morgan fingerprint density at radius 1 is 0.949 bits per heavy atom. The first kappa shape index (κ1) is 25.2. The SMILES string of the molecule is COc1ccc(CN2C(=O)c3cc4c(cc3[C@H]3[C@@H](OC(=O)c5ccccc5)[C@H](O)[C@@H](O)[C@@H](O)[C@@H]32)OCO4)cc1. The second-order valence-electron chi connectivity index (χ2n) is 9.80. The van der Waals surface area contributed by atoms with Crippen LogP contribution in [-0.4, -0.2) is 76.5 Å². The van der Waals surface area contributed by atoms with Crippen molar-refractivity contribution in [3.05, 3.63) is 89.0 Å². The topological polar surface area (TPSA) is 135 Å².